The zero-order chi connectivity index (χ0) is 39.8. The van der Waals surface area contributed by atoms with E-state index in [0.717, 1.165) is 99.6 Å². The van der Waals surface area contributed by atoms with Gasteiger partial charge in [-0.15, -0.1) is 0 Å². The molecule has 1 N–H and O–H groups in total. The van der Waals surface area contributed by atoms with Gasteiger partial charge in [0.25, 0.3) is 0 Å². The summed E-state index contributed by atoms with van der Waals surface area (Å²) < 4.78 is 31.9. The molecular weight excluding hydrogens is 769 g/mol. The molecule has 1 aromatic heterocycles. The van der Waals surface area contributed by atoms with E-state index >= 15 is 0 Å². The van der Waals surface area contributed by atoms with E-state index in [4.69, 9.17) is 4.98 Å². The third-order valence-corrected chi connectivity index (χ3v) is 15.3. The predicted molar refractivity (Wildman–Crippen MR) is 237 cm³/mol. The Kier molecular flexibility index (Phi) is 10.9. The van der Waals surface area contributed by atoms with Crippen LogP contribution in [0.5, 0.6) is 0 Å². The standard InChI is InChI=1S/C49H50N6O2S2/c56-59(57,45-21-15-37(16-22-45)31-52-25-27-53(28-26-52)43-9-2-1-3-10-43)55-34-41-18-17-38(29-42(41)35-55)46-23-24-50-49-47(46)11-6-12-48(49)51-30-36-13-19-44(20-14-36)58-54-32-39-7-4-5-8-40(39)33-54/h1-5,7-10,13-24,29,48,51H,6,11-12,25-28,30-35H2. The van der Waals surface area contributed by atoms with Gasteiger partial charge in [0.05, 0.1) is 16.6 Å². The van der Waals surface area contributed by atoms with Crippen LogP contribution in [0.15, 0.2) is 143 Å². The first-order valence-electron chi connectivity index (χ1n) is 21.0. The number of rotatable bonds is 11. The Morgan fingerprint density at radius 2 is 1.39 bits per heavy atom. The lowest BCUT2D eigenvalue weighted by Crippen LogP contribution is -2.45. The summed E-state index contributed by atoms with van der Waals surface area (Å²) in [6.45, 7) is 8.26. The average Bonchev–Trinajstić information content (AvgIpc) is 3.91. The van der Waals surface area contributed by atoms with Gasteiger partial charge in [0, 0.05) is 82.2 Å². The molecule has 1 aliphatic carbocycles. The molecule has 1 unspecified atom stereocenters. The Hall–Kier alpha value is -4.81. The van der Waals surface area contributed by atoms with Crippen LogP contribution in [0, 0.1) is 0 Å². The van der Waals surface area contributed by atoms with Crippen molar-refractivity contribution in [1.29, 1.82) is 0 Å². The number of para-hydroxylation sites is 1. The van der Waals surface area contributed by atoms with Gasteiger partial charge in [-0.05, 0) is 130 Å². The van der Waals surface area contributed by atoms with E-state index in [1.54, 1.807) is 16.4 Å². The Bertz CT molecular complexity index is 2520. The molecule has 8 nitrogen and oxygen atoms in total. The van der Waals surface area contributed by atoms with Crippen LogP contribution in [0.4, 0.5) is 5.69 Å². The van der Waals surface area contributed by atoms with Crippen molar-refractivity contribution in [2.75, 3.05) is 31.1 Å². The molecule has 6 aromatic rings. The minimum atomic E-state index is -3.65. The minimum Gasteiger partial charge on any atom is -0.369 e. The van der Waals surface area contributed by atoms with Gasteiger partial charge in [-0.1, -0.05) is 78.9 Å². The Morgan fingerprint density at radius 1 is 0.695 bits per heavy atom. The van der Waals surface area contributed by atoms with Gasteiger partial charge in [-0.3, -0.25) is 9.88 Å². The van der Waals surface area contributed by atoms with Crippen molar-refractivity contribution < 1.29 is 8.42 Å². The lowest BCUT2D eigenvalue weighted by Gasteiger charge is -2.36. The first-order chi connectivity index (χ1) is 28.9. The summed E-state index contributed by atoms with van der Waals surface area (Å²) in [6.07, 6.45) is 5.07. The largest absolute Gasteiger partial charge is 0.369 e. The molecule has 0 amide bonds. The summed E-state index contributed by atoms with van der Waals surface area (Å²) in [5.41, 5.74) is 13.4. The van der Waals surface area contributed by atoms with E-state index < -0.39 is 10.0 Å². The number of benzene rings is 5. The van der Waals surface area contributed by atoms with Crippen LogP contribution in [0.1, 0.15) is 63.5 Å². The average molecular weight is 819 g/mol. The summed E-state index contributed by atoms with van der Waals surface area (Å²) in [5.74, 6) is 0. The number of nitrogens with one attached hydrogen (secondary N) is 1. The fourth-order valence-corrected chi connectivity index (χ4v) is 11.6. The highest BCUT2D eigenvalue weighted by molar-refractivity contribution is 7.97. The van der Waals surface area contributed by atoms with Crippen molar-refractivity contribution >= 4 is 27.7 Å². The van der Waals surface area contributed by atoms with E-state index in [1.165, 1.54) is 38.4 Å². The molecule has 1 atom stereocenters. The molecule has 4 aliphatic rings. The van der Waals surface area contributed by atoms with E-state index in [-0.39, 0.29) is 6.04 Å². The first kappa shape index (κ1) is 38.4. The molecule has 10 rings (SSSR count). The second-order valence-electron chi connectivity index (χ2n) is 16.3. The fraction of sp³-hybridized carbons (Fsp3) is 0.286. The minimum absolute atomic E-state index is 0.183. The number of anilines is 1. The zero-order valence-corrected chi connectivity index (χ0v) is 35.0. The topological polar surface area (TPSA) is 72.0 Å². The van der Waals surface area contributed by atoms with Crippen LogP contribution in [0.3, 0.4) is 0 Å². The van der Waals surface area contributed by atoms with Crippen molar-refractivity contribution in [2.45, 2.75) is 74.4 Å². The number of nitrogens with zero attached hydrogens (tertiary/aromatic N) is 5. The smallest absolute Gasteiger partial charge is 0.243 e. The van der Waals surface area contributed by atoms with Gasteiger partial charge in [0.2, 0.25) is 10.0 Å². The van der Waals surface area contributed by atoms with Crippen LogP contribution in [0.25, 0.3) is 11.1 Å². The number of hydrogen-bond donors (Lipinski definition) is 1. The molecule has 10 heteroatoms. The van der Waals surface area contributed by atoms with Crippen molar-refractivity contribution in [3.63, 3.8) is 0 Å². The van der Waals surface area contributed by atoms with Gasteiger partial charge in [-0.25, -0.2) is 12.7 Å². The Balaban J connectivity index is 0.757. The highest BCUT2D eigenvalue weighted by atomic mass is 32.2. The van der Waals surface area contributed by atoms with Crippen LogP contribution in [-0.2, 0) is 55.7 Å². The SMILES string of the molecule is O=S(=O)(c1ccc(CN2CCN(c3ccccc3)CC2)cc1)N1Cc2ccc(-c3ccnc4c3CCCC4NCc3ccc(SN4Cc5ccccc5C4)cc3)cc2C1. The molecule has 0 bridgehead atoms. The number of fused-ring (bicyclic) bond motifs is 3. The van der Waals surface area contributed by atoms with Gasteiger partial charge in [-0.2, -0.15) is 4.31 Å². The highest BCUT2D eigenvalue weighted by Gasteiger charge is 2.32. The van der Waals surface area contributed by atoms with E-state index in [9.17, 15) is 8.42 Å². The van der Waals surface area contributed by atoms with Crippen LogP contribution in [-0.4, -0.2) is 53.1 Å². The molecular formula is C49H50N6O2S2. The maximum atomic E-state index is 13.9. The summed E-state index contributed by atoms with van der Waals surface area (Å²) in [4.78, 5) is 11.4. The van der Waals surface area contributed by atoms with Gasteiger partial charge >= 0.3 is 0 Å². The maximum absolute atomic E-state index is 13.9. The number of sulfonamides is 1. The lowest BCUT2D eigenvalue weighted by molar-refractivity contribution is 0.250. The fourth-order valence-electron chi connectivity index (χ4n) is 9.26. The Morgan fingerprint density at radius 3 is 2.15 bits per heavy atom. The predicted octanol–water partition coefficient (Wildman–Crippen LogP) is 8.97. The van der Waals surface area contributed by atoms with Crippen molar-refractivity contribution in [1.82, 2.24) is 23.8 Å². The summed E-state index contributed by atoms with van der Waals surface area (Å²) in [5, 5.41) is 3.83. The monoisotopic (exact) mass is 818 g/mol. The maximum Gasteiger partial charge on any atom is 0.243 e. The van der Waals surface area contributed by atoms with Gasteiger partial charge in [0.15, 0.2) is 0 Å². The van der Waals surface area contributed by atoms with E-state index in [0.29, 0.717) is 18.0 Å². The van der Waals surface area contributed by atoms with Gasteiger partial charge < -0.3 is 10.2 Å². The lowest BCUT2D eigenvalue weighted by atomic mass is 9.86. The van der Waals surface area contributed by atoms with E-state index in [2.05, 4.69) is 123 Å². The van der Waals surface area contributed by atoms with E-state index in [1.807, 2.05) is 30.3 Å². The van der Waals surface area contributed by atoms with Crippen molar-refractivity contribution in [3.8, 4) is 11.1 Å². The Labute approximate surface area is 353 Å². The summed E-state index contributed by atoms with van der Waals surface area (Å²) in [7, 11) is -3.65. The van der Waals surface area contributed by atoms with Gasteiger partial charge in [0.1, 0.15) is 0 Å². The number of piperazine rings is 1. The number of pyridine rings is 1. The third kappa shape index (κ3) is 8.22. The van der Waals surface area contributed by atoms with Crippen LogP contribution >= 0.6 is 11.9 Å². The molecule has 1 fully saturated rings. The summed E-state index contributed by atoms with van der Waals surface area (Å²) >= 11 is 1.83. The highest BCUT2D eigenvalue weighted by Crippen LogP contribution is 2.38. The molecule has 4 heterocycles. The molecule has 3 aliphatic heterocycles. The second kappa shape index (κ2) is 16.7. The molecule has 5 aromatic carbocycles. The molecule has 1 saturated heterocycles. The van der Waals surface area contributed by atoms with Crippen LogP contribution < -0.4 is 10.2 Å². The second-order valence-corrected chi connectivity index (χ2v) is 19.5. The molecule has 300 valence electrons. The van der Waals surface area contributed by atoms with Crippen LogP contribution in [0.2, 0.25) is 0 Å². The first-order valence-corrected chi connectivity index (χ1v) is 23.2. The molecule has 0 saturated carbocycles. The normalized spacial score (nSPS) is 18.4. The molecule has 0 spiro atoms. The van der Waals surface area contributed by atoms with Crippen molar-refractivity contribution in [2.24, 2.45) is 0 Å². The molecule has 0 radical (unpaired) electrons. The third-order valence-electron chi connectivity index (χ3n) is 12.5. The number of aromatic nitrogens is 1. The zero-order valence-electron chi connectivity index (χ0n) is 33.3. The summed E-state index contributed by atoms with van der Waals surface area (Å²) in [6, 6.07) is 44.6. The quantitative estimate of drug-likeness (QED) is 0.130. The number of hydrogen-bond acceptors (Lipinski definition) is 8. The van der Waals surface area contributed by atoms with Crippen molar-refractivity contribution in [3.05, 3.63) is 178 Å². The molecule has 59 heavy (non-hydrogen) atoms.